The first-order chi connectivity index (χ1) is 18.7. The van der Waals surface area contributed by atoms with Gasteiger partial charge in [0.15, 0.2) is 5.60 Å². The molecule has 4 aromatic carbocycles. The molecule has 2 heterocycles. The number of aryl methyl sites for hydroxylation is 2. The Balaban J connectivity index is 1.48. The van der Waals surface area contributed by atoms with Gasteiger partial charge in [-0.15, -0.1) is 0 Å². The van der Waals surface area contributed by atoms with Crippen molar-refractivity contribution in [2.45, 2.75) is 32.3 Å². The standard InChI is InChI=1S/C32H25Cl2NO4/c1-18-14-29-24(15-26(18)33)32(23-7-5-4-6-22(23)31(37)39-32)25-16-27(34)28(17-30(25)38-29)35(3)21-12-10-20(11-13-21)9-8-19(2)36/h4-7,10-17H,8-9H2,1-3H3. The van der Waals surface area contributed by atoms with E-state index < -0.39 is 11.6 Å². The van der Waals surface area contributed by atoms with E-state index in [2.05, 4.69) is 0 Å². The Morgan fingerprint density at radius 3 is 2.28 bits per heavy atom. The van der Waals surface area contributed by atoms with Gasteiger partial charge in [0.2, 0.25) is 0 Å². The third kappa shape index (κ3) is 4.08. The Hall–Kier alpha value is -3.80. The molecule has 0 saturated heterocycles. The second-order valence-corrected chi connectivity index (χ2v) is 10.9. The van der Waals surface area contributed by atoms with Crippen molar-refractivity contribution in [2.75, 3.05) is 11.9 Å². The molecule has 4 aromatic rings. The average molecular weight is 558 g/mol. The molecule has 0 saturated carbocycles. The van der Waals surface area contributed by atoms with Crippen LogP contribution in [-0.4, -0.2) is 18.8 Å². The van der Waals surface area contributed by atoms with Gasteiger partial charge in [0.1, 0.15) is 17.3 Å². The Bertz CT molecular complexity index is 1660. The molecule has 0 aromatic heterocycles. The number of ketones is 1. The minimum absolute atomic E-state index is 0.171. The molecular weight excluding hydrogens is 533 g/mol. The van der Waals surface area contributed by atoms with Gasteiger partial charge in [-0.05, 0) is 67.8 Å². The highest BCUT2D eigenvalue weighted by Crippen LogP contribution is 2.58. The Labute approximate surface area is 236 Å². The lowest BCUT2D eigenvalue weighted by molar-refractivity contribution is -0.116. The maximum absolute atomic E-state index is 13.1. The molecule has 196 valence electrons. The van der Waals surface area contributed by atoms with Crippen molar-refractivity contribution in [2.24, 2.45) is 0 Å². The molecule has 2 aliphatic heterocycles. The zero-order valence-electron chi connectivity index (χ0n) is 21.7. The summed E-state index contributed by atoms with van der Waals surface area (Å²) in [7, 11) is 1.93. The summed E-state index contributed by atoms with van der Waals surface area (Å²) in [6.07, 6.45) is 1.22. The van der Waals surface area contributed by atoms with Crippen LogP contribution < -0.4 is 9.64 Å². The first kappa shape index (κ1) is 25.5. The monoisotopic (exact) mass is 557 g/mol. The molecule has 0 radical (unpaired) electrons. The highest BCUT2D eigenvalue weighted by molar-refractivity contribution is 6.33. The molecule has 0 amide bonds. The molecule has 1 atom stereocenters. The molecule has 0 fully saturated rings. The van der Waals surface area contributed by atoms with E-state index in [4.69, 9.17) is 32.7 Å². The summed E-state index contributed by atoms with van der Waals surface area (Å²) >= 11 is 13.5. The number of hydrogen-bond donors (Lipinski definition) is 0. The summed E-state index contributed by atoms with van der Waals surface area (Å²) in [4.78, 5) is 26.4. The lowest BCUT2D eigenvalue weighted by atomic mass is 9.77. The molecular formula is C32H25Cl2NO4. The number of rotatable bonds is 5. The first-order valence-electron chi connectivity index (χ1n) is 12.7. The fraction of sp³-hybridized carbons (Fsp3) is 0.188. The van der Waals surface area contributed by atoms with Gasteiger partial charge in [-0.25, -0.2) is 4.79 Å². The average Bonchev–Trinajstić information content (AvgIpc) is 3.22. The van der Waals surface area contributed by atoms with E-state index in [1.807, 2.05) is 85.6 Å². The summed E-state index contributed by atoms with van der Waals surface area (Å²) in [5.41, 5.74) is 4.86. The van der Waals surface area contributed by atoms with E-state index >= 15 is 0 Å². The summed E-state index contributed by atoms with van der Waals surface area (Å²) in [6.45, 7) is 3.51. The number of nitrogens with zero attached hydrogens (tertiary/aromatic N) is 1. The fourth-order valence-corrected chi connectivity index (χ4v) is 5.85. The predicted molar refractivity (Wildman–Crippen MR) is 153 cm³/mol. The molecule has 39 heavy (non-hydrogen) atoms. The highest BCUT2D eigenvalue weighted by Gasteiger charge is 2.54. The summed E-state index contributed by atoms with van der Waals surface area (Å²) in [5.74, 6) is 0.866. The molecule has 5 nitrogen and oxygen atoms in total. The molecule has 6 rings (SSSR count). The van der Waals surface area contributed by atoms with Gasteiger partial charge in [-0.2, -0.15) is 0 Å². The number of ether oxygens (including phenoxy) is 2. The van der Waals surface area contributed by atoms with Gasteiger partial charge in [0, 0.05) is 46.9 Å². The largest absolute Gasteiger partial charge is 0.456 e. The fourth-order valence-electron chi connectivity index (χ4n) is 5.40. The van der Waals surface area contributed by atoms with Crippen molar-refractivity contribution in [1.82, 2.24) is 0 Å². The number of hydrogen-bond acceptors (Lipinski definition) is 5. The van der Waals surface area contributed by atoms with Crippen LogP contribution in [0.5, 0.6) is 11.5 Å². The Kier molecular flexibility index (Phi) is 6.17. The van der Waals surface area contributed by atoms with Crippen LogP contribution in [0.3, 0.4) is 0 Å². The van der Waals surface area contributed by atoms with Crippen molar-refractivity contribution in [3.8, 4) is 11.5 Å². The van der Waals surface area contributed by atoms with Crippen LogP contribution in [-0.2, 0) is 21.6 Å². The lowest BCUT2D eigenvalue weighted by Crippen LogP contribution is -2.33. The van der Waals surface area contributed by atoms with Crippen LogP contribution in [0.25, 0.3) is 0 Å². The molecule has 7 heteroatoms. The van der Waals surface area contributed by atoms with Crippen LogP contribution >= 0.6 is 23.2 Å². The summed E-state index contributed by atoms with van der Waals surface area (Å²) in [5, 5.41) is 1.02. The number of fused-ring (bicyclic) bond motifs is 6. The Morgan fingerprint density at radius 1 is 0.897 bits per heavy atom. The SMILES string of the molecule is CC(=O)CCc1ccc(N(C)c2cc3c(cc2Cl)C2(OC(=O)c4ccccc42)c2cc(Cl)c(C)cc2O3)cc1. The van der Waals surface area contributed by atoms with Crippen molar-refractivity contribution >= 4 is 46.3 Å². The van der Waals surface area contributed by atoms with E-state index in [1.54, 1.807) is 13.0 Å². The molecule has 1 unspecified atom stereocenters. The van der Waals surface area contributed by atoms with Gasteiger partial charge in [0.05, 0.1) is 16.3 Å². The molecule has 0 bridgehead atoms. The second-order valence-electron chi connectivity index (χ2n) is 10.0. The van der Waals surface area contributed by atoms with Gasteiger partial charge >= 0.3 is 5.97 Å². The molecule has 0 aliphatic carbocycles. The third-order valence-electron chi connectivity index (χ3n) is 7.51. The molecule has 2 aliphatic rings. The number of carbonyl (C=O) groups excluding carboxylic acids is 2. The molecule has 1 spiro atoms. The summed E-state index contributed by atoms with van der Waals surface area (Å²) < 4.78 is 12.7. The van der Waals surface area contributed by atoms with Crippen LogP contribution in [0.15, 0.2) is 72.8 Å². The minimum atomic E-state index is -1.24. The van der Waals surface area contributed by atoms with Crippen molar-refractivity contribution in [3.63, 3.8) is 0 Å². The quantitative estimate of drug-likeness (QED) is 0.231. The van der Waals surface area contributed by atoms with E-state index in [9.17, 15) is 9.59 Å². The van der Waals surface area contributed by atoms with E-state index in [1.165, 1.54) is 0 Å². The van der Waals surface area contributed by atoms with Crippen LogP contribution in [0.2, 0.25) is 10.0 Å². The number of benzene rings is 4. The lowest BCUT2D eigenvalue weighted by Gasteiger charge is -2.37. The topological polar surface area (TPSA) is 55.8 Å². The van der Waals surface area contributed by atoms with Crippen LogP contribution in [0.4, 0.5) is 11.4 Å². The smallest absolute Gasteiger partial charge is 0.340 e. The zero-order valence-corrected chi connectivity index (χ0v) is 23.2. The third-order valence-corrected chi connectivity index (χ3v) is 8.22. The van der Waals surface area contributed by atoms with E-state index in [0.717, 1.165) is 28.1 Å². The maximum atomic E-state index is 13.1. The highest BCUT2D eigenvalue weighted by atomic mass is 35.5. The molecule has 0 N–H and O–H groups in total. The summed E-state index contributed by atoms with van der Waals surface area (Å²) in [6, 6.07) is 22.8. The Morgan fingerprint density at radius 2 is 1.56 bits per heavy atom. The predicted octanol–water partition coefficient (Wildman–Crippen LogP) is 8.16. The zero-order chi connectivity index (χ0) is 27.5. The number of Topliss-reactive ketones (excluding diaryl/α,β-unsaturated/α-hetero) is 1. The number of anilines is 2. The van der Waals surface area contributed by atoms with Gasteiger partial charge in [-0.3, -0.25) is 0 Å². The van der Waals surface area contributed by atoms with Gasteiger partial charge in [0.25, 0.3) is 0 Å². The maximum Gasteiger partial charge on any atom is 0.340 e. The van der Waals surface area contributed by atoms with Gasteiger partial charge < -0.3 is 19.2 Å². The number of halogens is 2. The van der Waals surface area contributed by atoms with Crippen LogP contribution in [0, 0.1) is 6.92 Å². The number of esters is 1. The van der Waals surface area contributed by atoms with Gasteiger partial charge in [-0.1, -0.05) is 53.5 Å². The van der Waals surface area contributed by atoms with E-state index in [0.29, 0.717) is 51.1 Å². The minimum Gasteiger partial charge on any atom is -0.456 e. The van der Waals surface area contributed by atoms with Crippen molar-refractivity contribution in [1.29, 1.82) is 0 Å². The number of carbonyl (C=O) groups is 2. The first-order valence-corrected chi connectivity index (χ1v) is 13.4. The normalized spacial score (nSPS) is 16.7. The second kappa shape index (κ2) is 9.44. The van der Waals surface area contributed by atoms with Crippen molar-refractivity contribution in [3.05, 3.63) is 116 Å². The van der Waals surface area contributed by atoms with Crippen molar-refractivity contribution < 1.29 is 19.1 Å². The van der Waals surface area contributed by atoms with Crippen LogP contribution in [0.1, 0.15) is 51.5 Å². The van der Waals surface area contributed by atoms with E-state index in [-0.39, 0.29) is 5.78 Å².